The molecule has 0 aliphatic carbocycles. The SMILES string of the molecule is Cc1nnn(-c2ccc([N+](=O)[O-])cc2)c1CN(C)Cc1ccccc1. The summed E-state index contributed by atoms with van der Waals surface area (Å²) in [6.45, 7) is 3.40. The van der Waals surface area contributed by atoms with Crippen LogP contribution in [0, 0.1) is 17.0 Å². The molecule has 25 heavy (non-hydrogen) atoms. The first kappa shape index (κ1) is 16.8. The first-order chi connectivity index (χ1) is 12.0. The van der Waals surface area contributed by atoms with Gasteiger partial charge in [-0.1, -0.05) is 35.5 Å². The second kappa shape index (κ2) is 7.23. The highest BCUT2D eigenvalue weighted by molar-refractivity contribution is 5.41. The Kier molecular flexibility index (Phi) is 4.85. The summed E-state index contributed by atoms with van der Waals surface area (Å²) in [5, 5.41) is 19.2. The molecular formula is C18H19N5O2. The van der Waals surface area contributed by atoms with Gasteiger partial charge in [-0.05, 0) is 31.7 Å². The maximum atomic E-state index is 10.8. The number of nitrogens with zero attached hydrogens (tertiary/aromatic N) is 5. The highest BCUT2D eigenvalue weighted by Gasteiger charge is 2.14. The predicted molar refractivity (Wildman–Crippen MR) is 94.4 cm³/mol. The Morgan fingerprint density at radius 2 is 1.76 bits per heavy atom. The summed E-state index contributed by atoms with van der Waals surface area (Å²) in [6, 6.07) is 16.6. The lowest BCUT2D eigenvalue weighted by atomic mass is 10.2. The van der Waals surface area contributed by atoms with Crippen LogP contribution in [0.1, 0.15) is 17.0 Å². The van der Waals surface area contributed by atoms with E-state index in [2.05, 4.69) is 27.3 Å². The molecule has 0 radical (unpaired) electrons. The molecule has 0 amide bonds. The number of rotatable bonds is 6. The second-order valence-corrected chi connectivity index (χ2v) is 5.96. The maximum absolute atomic E-state index is 10.8. The molecule has 0 aliphatic heterocycles. The van der Waals surface area contributed by atoms with E-state index in [9.17, 15) is 10.1 Å². The van der Waals surface area contributed by atoms with E-state index in [4.69, 9.17) is 0 Å². The third-order valence-electron chi connectivity index (χ3n) is 3.98. The fourth-order valence-electron chi connectivity index (χ4n) is 2.69. The van der Waals surface area contributed by atoms with Crippen molar-refractivity contribution in [3.05, 3.63) is 81.7 Å². The van der Waals surface area contributed by atoms with Gasteiger partial charge in [0.1, 0.15) is 0 Å². The maximum Gasteiger partial charge on any atom is 0.269 e. The highest BCUT2D eigenvalue weighted by atomic mass is 16.6. The minimum absolute atomic E-state index is 0.0586. The summed E-state index contributed by atoms with van der Waals surface area (Å²) in [4.78, 5) is 12.6. The molecule has 0 saturated carbocycles. The van der Waals surface area contributed by atoms with Crippen molar-refractivity contribution in [3.8, 4) is 5.69 Å². The zero-order valence-electron chi connectivity index (χ0n) is 14.2. The largest absolute Gasteiger partial charge is 0.296 e. The molecule has 3 rings (SSSR count). The number of hydrogen-bond donors (Lipinski definition) is 0. The predicted octanol–water partition coefficient (Wildman–Crippen LogP) is 3.12. The number of hydrogen-bond acceptors (Lipinski definition) is 5. The number of non-ortho nitro benzene ring substituents is 1. The van der Waals surface area contributed by atoms with Crippen molar-refractivity contribution in [1.82, 2.24) is 19.9 Å². The van der Waals surface area contributed by atoms with Gasteiger partial charge < -0.3 is 0 Å². The van der Waals surface area contributed by atoms with Gasteiger partial charge >= 0.3 is 0 Å². The van der Waals surface area contributed by atoms with E-state index < -0.39 is 4.92 Å². The molecule has 128 valence electrons. The van der Waals surface area contributed by atoms with Crippen LogP contribution in [0.2, 0.25) is 0 Å². The molecule has 1 aromatic heterocycles. The van der Waals surface area contributed by atoms with Crippen LogP contribution in [0.4, 0.5) is 5.69 Å². The molecule has 0 aliphatic rings. The van der Waals surface area contributed by atoms with Gasteiger partial charge in [0.15, 0.2) is 0 Å². The van der Waals surface area contributed by atoms with Crippen LogP contribution in [0.25, 0.3) is 5.69 Å². The van der Waals surface area contributed by atoms with E-state index in [1.165, 1.54) is 17.7 Å². The van der Waals surface area contributed by atoms with Gasteiger partial charge in [0, 0.05) is 25.2 Å². The normalized spacial score (nSPS) is 11.0. The summed E-state index contributed by atoms with van der Waals surface area (Å²) in [7, 11) is 2.04. The second-order valence-electron chi connectivity index (χ2n) is 5.96. The number of aryl methyl sites for hydroxylation is 1. The molecule has 0 fully saturated rings. The van der Waals surface area contributed by atoms with Crippen molar-refractivity contribution in [1.29, 1.82) is 0 Å². The minimum atomic E-state index is -0.412. The Bertz CT molecular complexity index is 859. The molecule has 7 heteroatoms. The van der Waals surface area contributed by atoms with E-state index >= 15 is 0 Å². The molecule has 0 saturated heterocycles. The number of aromatic nitrogens is 3. The fraction of sp³-hybridized carbons (Fsp3) is 0.222. The average Bonchev–Trinajstić information content (AvgIpc) is 2.96. The molecular weight excluding hydrogens is 318 g/mol. The van der Waals surface area contributed by atoms with Crippen LogP contribution < -0.4 is 0 Å². The Morgan fingerprint density at radius 1 is 1.08 bits per heavy atom. The van der Waals surface area contributed by atoms with E-state index in [0.29, 0.717) is 6.54 Å². The number of nitro groups is 1. The standard InChI is InChI=1S/C18H19N5O2/c1-14-18(13-21(2)12-15-6-4-3-5-7-15)22(20-19-14)16-8-10-17(11-9-16)23(24)25/h3-11H,12-13H2,1-2H3. The molecule has 0 N–H and O–H groups in total. The summed E-state index contributed by atoms with van der Waals surface area (Å²) in [5.74, 6) is 0. The first-order valence-electron chi connectivity index (χ1n) is 7.93. The topological polar surface area (TPSA) is 77.1 Å². The van der Waals surface area contributed by atoms with Gasteiger partial charge in [-0.2, -0.15) is 0 Å². The lowest BCUT2D eigenvalue weighted by Gasteiger charge is -2.17. The third-order valence-corrected chi connectivity index (χ3v) is 3.98. The summed E-state index contributed by atoms with van der Waals surface area (Å²) in [6.07, 6.45) is 0. The summed E-state index contributed by atoms with van der Waals surface area (Å²) >= 11 is 0. The highest BCUT2D eigenvalue weighted by Crippen LogP contribution is 2.18. The van der Waals surface area contributed by atoms with Gasteiger partial charge in [-0.3, -0.25) is 15.0 Å². The quantitative estimate of drug-likeness (QED) is 0.510. The van der Waals surface area contributed by atoms with Gasteiger partial charge in [0.2, 0.25) is 0 Å². The Balaban J connectivity index is 1.80. The van der Waals surface area contributed by atoms with E-state index in [-0.39, 0.29) is 5.69 Å². The Morgan fingerprint density at radius 3 is 2.40 bits per heavy atom. The zero-order chi connectivity index (χ0) is 17.8. The van der Waals surface area contributed by atoms with Crippen molar-refractivity contribution < 1.29 is 4.92 Å². The van der Waals surface area contributed by atoms with E-state index in [1.807, 2.05) is 32.2 Å². The first-order valence-corrected chi connectivity index (χ1v) is 7.93. The zero-order valence-corrected chi connectivity index (χ0v) is 14.2. The lowest BCUT2D eigenvalue weighted by molar-refractivity contribution is -0.384. The molecule has 7 nitrogen and oxygen atoms in total. The summed E-state index contributed by atoms with van der Waals surface area (Å²) in [5.41, 5.74) is 3.86. The van der Waals surface area contributed by atoms with Crippen LogP contribution in [0.15, 0.2) is 54.6 Å². The molecule has 3 aromatic rings. The van der Waals surface area contributed by atoms with Gasteiger partial charge in [-0.15, -0.1) is 5.10 Å². The van der Waals surface area contributed by atoms with Crippen molar-refractivity contribution >= 4 is 5.69 Å². The smallest absolute Gasteiger partial charge is 0.269 e. The van der Waals surface area contributed by atoms with E-state index in [0.717, 1.165) is 23.6 Å². The van der Waals surface area contributed by atoms with Crippen LogP contribution in [-0.4, -0.2) is 31.9 Å². The molecule has 0 atom stereocenters. The van der Waals surface area contributed by atoms with Gasteiger partial charge in [0.05, 0.1) is 22.0 Å². The third kappa shape index (κ3) is 3.89. The monoisotopic (exact) mass is 337 g/mol. The van der Waals surface area contributed by atoms with Crippen molar-refractivity contribution in [3.63, 3.8) is 0 Å². The fourth-order valence-corrected chi connectivity index (χ4v) is 2.69. The summed E-state index contributed by atoms with van der Waals surface area (Å²) < 4.78 is 1.74. The number of benzene rings is 2. The van der Waals surface area contributed by atoms with Crippen LogP contribution in [0.5, 0.6) is 0 Å². The lowest BCUT2D eigenvalue weighted by Crippen LogP contribution is -2.20. The van der Waals surface area contributed by atoms with E-state index in [1.54, 1.807) is 16.8 Å². The molecule has 0 spiro atoms. The van der Waals surface area contributed by atoms with Gasteiger partial charge in [-0.25, -0.2) is 4.68 Å². The minimum Gasteiger partial charge on any atom is -0.296 e. The average molecular weight is 337 g/mol. The van der Waals surface area contributed by atoms with Crippen molar-refractivity contribution in [2.75, 3.05) is 7.05 Å². The molecule has 0 unspecified atom stereocenters. The van der Waals surface area contributed by atoms with Crippen LogP contribution >= 0.6 is 0 Å². The van der Waals surface area contributed by atoms with Crippen LogP contribution in [-0.2, 0) is 13.1 Å². The van der Waals surface area contributed by atoms with Gasteiger partial charge in [0.25, 0.3) is 5.69 Å². The molecule has 0 bridgehead atoms. The Labute approximate surface area is 145 Å². The number of nitro benzene ring substituents is 1. The van der Waals surface area contributed by atoms with Crippen LogP contribution in [0.3, 0.4) is 0 Å². The molecule has 2 aromatic carbocycles. The van der Waals surface area contributed by atoms with Crippen molar-refractivity contribution in [2.45, 2.75) is 20.0 Å². The molecule has 1 heterocycles. The van der Waals surface area contributed by atoms with Crippen molar-refractivity contribution in [2.24, 2.45) is 0 Å². The Hall–Kier alpha value is -3.06.